The minimum absolute atomic E-state index is 0.0812. The van der Waals surface area contributed by atoms with Crippen molar-refractivity contribution >= 4 is 11.9 Å². The second-order valence-electron chi connectivity index (χ2n) is 4.06. The van der Waals surface area contributed by atoms with Crippen molar-refractivity contribution in [2.45, 2.75) is 33.6 Å². The third kappa shape index (κ3) is 4.34. The predicted molar refractivity (Wildman–Crippen MR) is 63.8 cm³/mol. The van der Waals surface area contributed by atoms with Crippen LogP contribution in [0.15, 0.2) is 0 Å². The van der Waals surface area contributed by atoms with Crippen molar-refractivity contribution in [1.29, 1.82) is 0 Å². The van der Waals surface area contributed by atoms with Crippen molar-refractivity contribution in [3.8, 4) is 0 Å². The van der Waals surface area contributed by atoms with Crippen molar-refractivity contribution in [3.63, 3.8) is 0 Å². The third-order valence-corrected chi connectivity index (χ3v) is 2.68. The number of hydrogen-bond donors (Lipinski definition) is 2. The van der Waals surface area contributed by atoms with Crippen LogP contribution in [0.3, 0.4) is 0 Å². The lowest BCUT2D eigenvalue weighted by Crippen LogP contribution is -2.19. The SMILES string of the molecule is CCC(CNc1nnc(C)c(C)n1)CC(=O)O. The molecule has 0 aromatic carbocycles. The largest absolute Gasteiger partial charge is 0.481 e. The van der Waals surface area contributed by atoms with E-state index in [1.54, 1.807) is 0 Å². The van der Waals surface area contributed by atoms with E-state index in [0.29, 0.717) is 12.5 Å². The summed E-state index contributed by atoms with van der Waals surface area (Å²) < 4.78 is 0. The highest BCUT2D eigenvalue weighted by atomic mass is 16.4. The van der Waals surface area contributed by atoms with E-state index in [9.17, 15) is 4.79 Å². The molecule has 17 heavy (non-hydrogen) atoms. The van der Waals surface area contributed by atoms with Crippen LogP contribution in [0.2, 0.25) is 0 Å². The first-order chi connectivity index (χ1) is 8.02. The van der Waals surface area contributed by atoms with Crippen LogP contribution in [0.1, 0.15) is 31.2 Å². The van der Waals surface area contributed by atoms with Crippen LogP contribution in [0.5, 0.6) is 0 Å². The Morgan fingerprint density at radius 3 is 2.59 bits per heavy atom. The summed E-state index contributed by atoms with van der Waals surface area (Å²) in [5.41, 5.74) is 1.63. The van der Waals surface area contributed by atoms with Crippen molar-refractivity contribution in [2.24, 2.45) is 5.92 Å². The number of aliphatic carboxylic acids is 1. The predicted octanol–water partition coefficient (Wildman–Crippen LogP) is 1.40. The van der Waals surface area contributed by atoms with Gasteiger partial charge in [-0.1, -0.05) is 13.3 Å². The summed E-state index contributed by atoms with van der Waals surface area (Å²) >= 11 is 0. The second-order valence-corrected chi connectivity index (χ2v) is 4.06. The first-order valence-corrected chi connectivity index (χ1v) is 5.66. The molecule has 0 fully saturated rings. The van der Waals surface area contributed by atoms with Gasteiger partial charge in [-0.05, 0) is 19.8 Å². The first kappa shape index (κ1) is 13.3. The van der Waals surface area contributed by atoms with Gasteiger partial charge in [-0.25, -0.2) is 4.98 Å². The number of carboxylic acid groups (broad SMARTS) is 1. The number of carbonyl (C=O) groups is 1. The second kappa shape index (κ2) is 6.12. The molecule has 6 nitrogen and oxygen atoms in total. The molecule has 94 valence electrons. The van der Waals surface area contributed by atoms with Crippen LogP contribution in [-0.2, 0) is 4.79 Å². The van der Waals surface area contributed by atoms with E-state index in [0.717, 1.165) is 17.8 Å². The Morgan fingerprint density at radius 2 is 2.06 bits per heavy atom. The van der Waals surface area contributed by atoms with Crippen LogP contribution in [0, 0.1) is 19.8 Å². The fraction of sp³-hybridized carbons (Fsp3) is 0.636. The van der Waals surface area contributed by atoms with Crippen molar-refractivity contribution in [3.05, 3.63) is 11.4 Å². The smallest absolute Gasteiger partial charge is 0.303 e. The zero-order valence-electron chi connectivity index (χ0n) is 10.4. The first-order valence-electron chi connectivity index (χ1n) is 5.66. The third-order valence-electron chi connectivity index (χ3n) is 2.68. The van der Waals surface area contributed by atoms with Crippen LogP contribution >= 0.6 is 0 Å². The molecule has 0 radical (unpaired) electrons. The normalized spacial score (nSPS) is 12.2. The molecule has 6 heteroatoms. The lowest BCUT2D eigenvalue weighted by molar-refractivity contribution is -0.138. The van der Waals surface area contributed by atoms with E-state index in [1.165, 1.54) is 0 Å². The Balaban J connectivity index is 2.53. The van der Waals surface area contributed by atoms with Gasteiger partial charge in [0.1, 0.15) is 0 Å². The van der Waals surface area contributed by atoms with E-state index in [2.05, 4.69) is 20.5 Å². The minimum atomic E-state index is -0.780. The average molecular weight is 238 g/mol. The van der Waals surface area contributed by atoms with Gasteiger partial charge in [-0.2, -0.15) is 5.10 Å². The van der Waals surface area contributed by atoms with Crippen molar-refractivity contribution in [1.82, 2.24) is 15.2 Å². The number of aromatic nitrogens is 3. The summed E-state index contributed by atoms with van der Waals surface area (Å²) in [6.45, 7) is 6.23. The summed E-state index contributed by atoms with van der Waals surface area (Å²) in [7, 11) is 0. The molecule has 1 heterocycles. The van der Waals surface area contributed by atoms with Gasteiger partial charge in [0.2, 0.25) is 5.95 Å². The molecule has 0 saturated carbocycles. The molecular formula is C11H18N4O2. The van der Waals surface area contributed by atoms with Gasteiger partial charge in [0.05, 0.1) is 11.4 Å². The number of nitrogens with one attached hydrogen (secondary N) is 1. The molecule has 1 atom stereocenters. The maximum absolute atomic E-state index is 10.6. The number of anilines is 1. The number of rotatable bonds is 6. The molecule has 1 aromatic rings. The van der Waals surface area contributed by atoms with Gasteiger partial charge in [0.15, 0.2) is 0 Å². The average Bonchev–Trinajstić information content (AvgIpc) is 2.28. The van der Waals surface area contributed by atoms with Crippen LogP contribution in [0.25, 0.3) is 0 Å². The van der Waals surface area contributed by atoms with E-state index in [4.69, 9.17) is 5.11 Å². The van der Waals surface area contributed by atoms with E-state index in [1.807, 2.05) is 20.8 Å². The maximum Gasteiger partial charge on any atom is 0.303 e. The molecule has 1 rings (SSSR count). The quantitative estimate of drug-likeness (QED) is 0.778. The molecule has 0 saturated heterocycles. The van der Waals surface area contributed by atoms with Gasteiger partial charge < -0.3 is 10.4 Å². The van der Waals surface area contributed by atoms with Gasteiger partial charge in [0, 0.05) is 13.0 Å². The van der Waals surface area contributed by atoms with E-state index >= 15 is 0 Å². The monoisotopic (exact) mass is 238 g/mol. The Hall–Kier alpha value is -1.72. The molecule has 0 aliphatic carbocycles. The number of carboxylic acids is 1. The summed E-state index contributed by atoms with van der Waals surface area (Å²) in [4.78, 5) is 14.8. The lowest BCUT2D eigenvalue weighted by Gasteiger charge is -2.13. The van der Waals surface area contributed by atoms with Gasteiger partial charge in [-0.15, -0.1) is 5.10 Å². The van der Waals surface area contributed by atoms with Crippen LogP contribution < -0.4 is 5.32 Å². The summed E-state index contributed by atoms with van der Waals surface area (Å²) in [5, 5.41) is 19.6. The molecule has 1 unspecified atom stereocenters. The zero-order chi connectivity index (χ0) is 12.8. The highest BCUT2D eigenvalue weighted by Crippen LogP contribution is 2.09. The minimum Gasteiger partial charge on any atom is -0.481 e. The molecule has 0 aliphatic rings. The molecule has 0 bridgehead atoms. The lowest BCUT2D eigenvalue weighted by atomic mass is 10.0. The Kier molecular flexibility index (Phi) is 4.81. The highest BCUT2D eigenvalue weighted by molar-refractivity contribution is 5.67. The van der Waals surface area contributed by atoms with Crippen LogP contribution in [0.4, 0.5) is 5.95 Å². The van der Waals surface area contributed by atoms with Crippen molar-refractivity contribution in [2.75, 3.05) is 11.9 Å². The van der Waals surface area contributed by atoms with E-state index in [-0.39, 0.29) is 12.3 Å². The fourth-order valence-corrected chi connectivity index (χ4v) is 1.38. The van der Waals surface area contributed by atoms with Gasteiger partial charge >= 0.3 is 5.97 Å². The van der Waals surface area contributed by atoms with Crippen LogP contribution in [-0.4, -0.2) is 32.8 Å². The van der Waals surface area contributed by atoms with Gasteiger partial charge in [-0.3, -0.25) is 4.79 Å². The number of hydrogen-bond acceptors (Lipinski definition) is 5. The Bertz CT molecular complexity index is 395. The zero-order valence-corrected chi connectivity index (χ0v) is 10.4. The molecule has 2 N–H and O–H groups in total. The summed E-state index contributed by atoms with van der Waals surface area (Å²) in [6.07, 6.45) is 0.958. The fourth-order valence-electron chi connectivity index (χ4n) is 1.38. The van der Waals surface area contributed by atoms with Crippen molar-refractivity contribution < 1.29 is 9.90 Å². The van der Waals surface area contributed by atoms with Gasteiger partial charge in [0.25, 0.3) is 0 Å². The maximum atomic E-state index is 10.6. The number of nitrogens with zero attached hydrogens (tertiary/aromatic N) is 3. The Morgan fingerprint density at radius 1 is 1.35 bits per heavy atom. The topological polar surface area (TPSA) is 88.0 Å². The number of aryl methyl sites for hydroxylation is 2. The molecule has 0 aliphatic heterocycles. The molecule has 0 spiro atoms. The molecular weight excluding hydrogens is 220 g/mol. The molecule has 1 aromatic heterocycles. The highest BCUT2D eigenvalue weighted by Gasteiger charge is 2.11. The molecule has 0 amide bonds. The summed E-state index contributed by atoms with van der Waals surface area (Å²) in [5.74, 6) is -0.243. The Labute approximate surface area is 100 Å². The van der Waals surface area contributed by atoms with E-state index < -0.39 is 5.97 Å². The summed E-state index contributed by atoms with van der Waals surface area (Å²) in [6, 6.07) is 0. The standard InChI is InChI=1S/C11H18N4O2/c1-4-9(5-10(16)17)6-12-11-13-7(2)8(3)14-15-11/h9H,4-6H2,1-3H3,(H,16,17)(H,12,13,15).